The molecule has 0 spiro atoms. The summed E-state index contributed by atoms with van der Waals surface area (Å²) in [5.41, 5.74) is 2.70. The Hall–Kier alpha value is -1.55. The molecule has 1 aliphatic rings. The maximum Gasteiger partial charge on any atom is 0.137 e. The van der Waals surface area contributed by atoms with E-state index in [0.29, 0.717) is 10.9 Å². The molecule has 0 aromatic carbocycles. The number of rotatable bonds is 2. The SMILES string of the molecule is N/N=C(\c1c(Cl)cnc2[nH]ccc12)C1CCCCC1. The van der Waals surface area contributed by atoms with Gasteiger partial charge in [-0.25, -0.2) is 4.98 Å². The van der Waals surface area contributed by atoms with E-state index in [0.717, 1.165) is 35.2 Å². The van der Waals surface area contributed by atoms with Gasteiger partial charge in [-0.2, -0.15) is 5.10 Å². The molecule has 0 bridgehead atoms. The Bertz CT molecular complexity index is 611. The van der Waals surface area contributed by atoms with Gasteiger partial charge in [0.1, 0.15) is 5.65 Å². The van der Waals surface area contributed by atoms with Gasteiger partial charge in [0.15, 0.2) is 0 Å². The molecule has 0 unspecified atom stereocenters. The van der Waals surface area contributed by atoms with E-state index in [1.807, 2.05) is 12.3 Å². The van der Waals surface area contributed by atoms with Crippen LogP contribution >= 0.6 is 11.6 Å². The predicted octanol–water partition coefficient (Wildman–Crippen LogP) is 3.46. The Labute approximate surface area is 117 Å². The Morgan fingerprint density at radius 2 is 2.16 bits per heavy atom. The van der Waals surface area contributed by atoms with Crippen LogP contribution in [0.4, 0.5) is 0 Å². The highest BCUT2D eigenvalue weighted by Gasteiger charge is 2.24. The van der Waals surface area contributed by atoms with E-state index in [-0.39, 0.29) is 0 Å². The van der Waals surface area contributed by atoms with Gasteiger partial charge in [-0.3, -0.25) is 0 Å². The molecule has 2 aromatic heterocycles. The summed E-state index contributed by atoms with van der Waals surface area (Å²) < 4.78 is 0. The molecule has 1 aliphatic carbocycles. The average molecular weight is 277 g/mol. The zero-order chi connectivity index (χ0) is 13.2. The van der Waals surface area contributed by atoms with Crippen molar-refractivity contribution in [2.75, 3.05) is 0 Å². The summed E-state index contributed by atoms with van der Waals surface area (Å²) in [5, 5.41) is 5.69. The minimum absolute atomic E-state index is 0.414. The fraction of sp³-hybridized carbons (Fsp3) is 0.429. The number of hydrazone groups is 1. The van der Waals surface area contributed by atoms with Crippen LogP contribution in [0.3, 0.4) is 0 Å². The third kappa shape index (κ3) is 2.21. The Kier molecular flexibility index (Phi) is 3.42. The first kappa shape index (κ1) is 12.5. The van der Waals surface area contributed by atoms with E-state index in [1.165, 1.54) is 19.3 Å². The molecule has 100 valence electrons. The summed E-state index contributed by atoms with van der Waals surface area (Å²) in [6.07, 6.45) is 9.60. The van der Waals surface area contributed by atoms with Crippen molar-refractivity contribution >= 4 is 28.3 Å². The second kappa shape index (κ2) is 5.21. The quantitative estimate of drug-likeness (QED) is 0.501. The molecule has 0 aliphatic heterocycles. The molecule has 1 fully saturated rings. The predicted molar refractivity (Wildman–Crippen MR) is 78.4 cm³/mol. The summed E-state index contributed by atoms with van der Waals surface area (Å²) in [4.78, 5) is 7.38. The standard InChI is InChI=1S/C14H17ClN4/c15-11-8-18-14-10(6-7-17-14)12(11)13(19-16)9-4-2-1-3-5-9/h6-9H,1-5,16H2,(H,17,18)/b19-13-. The highest BCUT2D eigenvalue weighted by Crippen LogP contribution is 2.32. The summed E-state index contributed by atoms with van der Waals surface area (Å²) in [5.74, 6) is 6.08. The van der Waals surface area contributed by atoms with E-state index >= 15 is 0 Å². The zero-order valence-electron chi connectivity index (χ0n) is 10.7. The van der Waals surface area contributed by atoms with E-state index in [4.69, 9.17) is 17.4 Å². The maximum absolute atomic E-state index is 6.34. The second-order valence-electron chi connectivity index (χ2n) is 5.07. The van der Waals surface area contributed by atoms with Crippen LogP contribution in [0.2, 0.25) is 5.02 Å². The van der Waals surface area contributed by atoms with Crippen LogP contribution in [0.5, 0.6) is 0 Å². The number of aromatic amines is 1. The van der Waals surface area contributed by atoms with Crippen molar-refractivity contribution in [1.29, 1.82) is 0 Å². The van der Waals surface area contributed by atoms with Gasteiger partial charge in [-0.1, -0.05) is 30.9 Å². The first-order chi connectivity index (χ1) is 9.31. The zero-order valence-corrected chi connectivity index (χ0v) is 11.5. The van der Waals surface area contributed by atoms with Gasteiger partial charge < -0.3 is 10.8 Å². The van der Waals surface area contributed by atoms with Gasteiger partial charge in [-0.15, -0.1) is 0 Å². The maximum atomic E-state index is 6.34. The largest absolute Gasteiger partial charge is 0.346 e. The molecule has 3 N–H and O–H groups in total. The summed E-state index contributed by atoms with van der Waals surface area (Å²) in [7, 11) is 0. The minimum atomic E-state index is 0.414. The van der Waals surface area contributed by atoms with Crippen molar-refractivity contribution in [2.24, 2.45) is 16.9 Å². The number of aromatic nitrogens is 2. The normalized spacial score (nSPS) is 18.1. The molecule has 19 heavy (non-hydrogen) atoms. The molecule has 3 rings (SSSR count). The van der Waals surface area contributed by atoms with Crippen LogP contribution in [-0.2, 0) is 0 Å². The average Bonchev–Trinajstić information content (AvgIpc) is 2.91. The van der Waals surface area contributed by atoms with Crippen LogP contribution in [0.25, 0.3) is 11.0 Å². The molecule has 2 heterocycles. The molecule has 1 saturated carbocycles. The van der Waals surface area contributed by atoms with Gasteiger partial charge in [0.05, 0.1) is 10.7 Å². The molecule has 4 nitrogen and oxygen atoms in total. The van der Waals surface area contributed by atoms with Crippen LogP contribution in [0, 0.1) is 5.92 Å². The third-order valence-corrected chi connectivity index (χ3v) is 4.21. The van der Waals surface area contributed by atoms with E-state index in [2.05, 4.69) is 15.1 Å². The van der Waals surface area contributed by atoms with E-state index in [9.17, 15) is 0 Å². The second-order valence-corrected chi connectivity index (χ2v) is 5.48. The van der Waals surface area contributed by atoms with Gasteiger partial charge >= 0.3 is 0 Å². The number of hydrogen-bond acceptors (Lipinski definition) is 3. The summed E-state index contributed by atoms with van der Waals surface area (Å²) in [6.45, 7) is 0. The number of nitrogens with one attached hydrogen (secondary N) is 1. The van der Waals surface area contributed by atoms with Crippen LogP contribution < -0.4 is 5.84 Å². The first-order valence-electron chi connectivity index (χ1n) is 6.71. The number of pyridine rings is 1. The molecule has 0 amide bonds. The number of fused-ring (bicyclic) bond motifs is 1. The van der Waals surface area contributed by atoms with Crippen LogP contribution in [0.15, 0.2) is 23.6 Å². The van der Waals surface area contributed by atoms with Crippen molar-refractivity contribution in [1.82, 2.24) is 9.97 Å². The molecule has 0 saturated heterocycles. The first-order valence-corrected chi connectivity index (χ1v) is 7.09. The van der Waals surface area contributed by atoms with Crippen molar-refractivity contribution < 1.29 is 0 Å². The smallest absolute Gasteiger partial charge is 0.137 e. The third-order valence-electron chi connectivity index (χ3n) is 3.93. The number of hydrogen-bond donors (Lipinski definition) is 2. The van der Waals surface area contributed by atoms with Crippen LogP contribution in [0.1, 0.15) is 37.7 Å². The fourth-order valence-electron chi connectivity index (χ4n) is 2.99. The summed E-state index contributed by atoms with van der Waals surface area (Å²) in [6, 6.07) is 1.98. The molecule has 0 radical (unpaired) electrons. The molecule has 5 heteroatoms. The number of nitrogens with two attached hydrogens (primary N) is 1. The number of halogens is 1. The van der Waals surface area contributed by atoms with Gasteiger partial charge in [-0.05, 0) is 18.9 Å². The lowest BCUT2D eigenvalue weighted by Gasteiger charge is -2.23. The van der Waals surface area contributed by atoms with Crippen molar-refractivity contribution in [3.63, 3.8) is 0 Å². The van der Waals surface area contributed by atoms with E-state index in [1.54, 1.807) is 6.20 Å². The lowest BCUT2D eigenvalue weighted by molar-refractivity contribution is 0.439. The van der Waals surface area contributed by atoms with Crippen LogP contribution in [-0.4, -0.2) is 15.7 Å². The van der Waals surface area contributed by atoms with Crippen molar-refractivity contribution in [3.8, 4) is 0 Å². The van der Waals surface area contributed by atoms with Gasteiger partial charge in [0, 0.05) is 29.3 Å². The van der Waals surface area contributed by atoms with Gasteiger partial charge in [0.2, 0.25) is 0 Å². The minimum Gasteiger partial charge on any atom is -0.346 e. The molecule has 2 aromatic rings. The van der Waals surface area contributed by atoms with Gasteiger partial charge in [0.25, 0.3) is 0 Å². The molecular formula is C14H17ClN4. The number of H-pyrrole nitrogens is 1. The lowest BCUT2D eigenvalue weighted by Crippen LogP contribution is -2.21. The van der Waals surface area contributed by atoms with Crippen molar-refractivity contribution in [2.45, 2.75) is 32.1 Å². The highest BCUT2D eigenvalue weighted by molar-refractivity contribution is 6.36. The molecule has 0 atom stereocenters. The summed E-state index contributed by atoms with van der Waals surface area (Å²) >= 11 is 6.34. The van der Waals surface area contributed by atoms with E-state index < -0.39 is 0 Å². The number of nitrogens with zero attached hydrogens (tertiary/aromatic N) is 2. The highest BCUT2D eigenvalue weighted by atomic mass is 35.5. The Morgan fingerprint density at radius 1 is 1.37 bits per heavy atom. The fourth-order valence-corrected chi connectivity index (χ4v) is 3.24. The topological polar surface area (TPSA) is 67.1 Å². The lowest BCUT2D eigenvalue weighted by atomic mass is 9.83. The molecular weight excluding hydrogens is 260 g/mol. The Morgan fingerprint density at radius 3 is 2.89 bits per heavy atom. The van der Waals surface area contributed by atoms with Crippen molar-refractivity contribution in [3.05, 3.63) is 29.0 Å². The Balaban J connectivity index is 2.10. The monoisotopic (exact) mass is 276 g/mol.